The first-order chi connectivity index (χ1) is 7.47. The number of rotatable bonds is 7. The molecule has 0 aliphatic carbocycles. The molecule has 0 radical (unpaired) electrons. The van der Waals surface area contributed by atoms with Gasteiger partial charge >= 0.3 is 12.0 Å². The molecule has 16 heavy (non-hydrogen) atoms. The Morgan fingerprint density at radius 1 is 1.25 bits per heavy atom. The Kier molecular flexibility index (Phi) is 7.28. The Hall–Kier alpha value is -1.30. The van der Waals surface area contributed by atoms with E-state index >= 15 is 0 Å². The number of nitrogens with one attached hydrogen (secondary N) is 1. The third-order valence-electron chi connectivity index (χ3n) is 1.94. The number of carboxylic acids is 1. The maximum absolute atomic E-state index is 11.6. The van der Waals surface area contributed by atoms with Crippen molar-refractivity contribution >= 4 is 12.0 Å². The molecule has 0 rings (SSSR count). The number of hydrogen-bond donors (Lipinski definition) is 2. The lowest BCUT2D eigenvalue weighted by atomic mass is 10.4. The summed E-state index contributed by atoms with van der Waals surface area (Å²) in [5.41, 5.74) is 0. The van der Waals surface area contributed by atoms with Gasteiger partial charge in [0.05, 0.1) is 0 Å². The van der Waals surface area contributed by atoms with Crippen molar-refractivity contribution in [1.29, 1.82) is 0 Å². The summed E-state index contributed by atoms with van der Waals surface area (Å²) >= 11 is 0. The van der Waals surface area contributed by atoms with Gasteiger partial charge in [0.15, 0.2) is 0 Å². The minimum atomic E-state index is -0.990. The summed E-state index contributed by atoms with van der Waals surface area (Å²) in [5.74, 6) is -0.990. The lowest BCUT2D eigenvalue weighted by Gasteiger charge is -2.21. The van der Waals surface area contributed by atoms with E-state index in [-0.39, 0.29) is 12.6 Å². The standard InChI is InChI=1S/C10H21N3O3/c1-4-6-13(8-9(14)15)10(16)11-5-7-12(2)3/h4-8H2,1-3H3,(H,11,16)(H,14,15). The molecule has 0 aliphatic heterocycles. The van der Waals surface area contributed by atoms with E-state index in [1.54, 1.807) is 0 Å². The highest BCUT2D eigenvalue weighted by molar-refractivity contribution is 5.80. The molecule has 0 spiro atoms. The van der Waals surface area contributed by atoms with Gasteiger partial charge in [-0.3, -0.25) is 4.79 Å². The van der Waals surface area contributed by atoms with Gasteiger partial charge in [0.2, 0.25) is 0 Å². The summed E-state index contributed by atoms with van der Waals surface area (Å²) in [6.07, 6.45) is 0.744. The number of aliphatic carboxylic acids is 1. The topological polar surface area (TPSA) is 72.9 Å². The van der Waals surface area contributed by atoms with Gasteiger partial charge in [0.25, 0.3) is 0 Å². The van der Waals surface area contributed by atoms with E-state index in [2.05, 4.69) is 5.32 Å². The summed E-state index contributed by atoms with van der Waals surface area (Å²) in [5, 5.41) is 11.3. The minimum Gasteiger partial charge on any atom is -0.480 e. The number of hydrogen-bond acceptors (Lipinski definition) is 3. The van der Waals surface area contributed by atoms with Gasteiger partial charge < -0.3 is 20.2 Å². The molecule has 0 aromatic heterocycles. The normalized spacial score (nSPS) is 10.2. The van der Waals surface area contributed by atoms with Gasteiger partial charge in [-0.2, -0.15) is 0 Å². The quantitative estimate of drug-likeness (QED) is 0.649. The zero-order chi connectivity index (χ0) is 12.6. The molecule has 0 atom stereocenters. The van der Waals surface area contributed by atoms with E-state index in [1.807, 2.05) is 25.9 Å². The van der Waals surface area contributed by atoms with Crippen LogP contribution in [0, 0.1) is 0 Å². The smallest absolute Gasteiger partial charge is 0.323 e. The highest BCUT2D eigenvalue weighted by Crippen LogP contribution is 1.92. The van der Waals surface area contributed by atoms with Gasteiger partial charge in [0, 0.05) is 19.6 Å². The Morgan fingerprint density at radius 3 is 2.31 bits per heavy atom. The molecule has 0 unspecified atom stereocenters. The molecular weight excluding hydrogens is 210 g/mol. The summed E-state index contributed by atoms with van der Waals surface area (Å²) in [6.45, 7) is 3.37. The van der Waals surface area contributed by atoms with Crippen LogP contribution < -0.4 is 5.32 Å². The molecule has 0 aromatic carbocycles. The fourth-order valence-electron chi connectivity index (χ4n) is 1.18. The maximum Gasteiger partial charge on any atom is 0.323 e. The highest BCUT2D eigenvalue weighted by Gasteiger charge is 2.14. The molecule has 0 heterocycles. The lowest BCUT2D eigenvalue weighted by molar-refractivity contribution is -0.137. The van der Waals surface area contributed by atoms with Crippen LogP contribution in [0.3, 0.4) is 0 Å². The van der Waals surface area contributed by atoms with Crippen molar-refractivity contribution < 1.29 is 14.7 Å². The van der Waals surface area contributed by atoms with E-state index in [9.17, 15) is 9.59 Å². The van der Waals surface area contributed by atoms with Gasteiger partial charge in [-0.05, 0) is 20.5 Å². The molecular formula is C10H21N3O3. The molecule has 0 fully saturated rings. The largest absolute Gasteiger partial charge is 0.480 e. The van der Waals surface area contributed by atoms with Crippen LogP contribution in [0.25, 0.3) is 0 Å². The van der Waals surface area contributed by atoms with Gasteiger partial charge in [-0.15, -0.1) is 0 Å². The van der Waals surface area contributed by atoms with Crippen molar-refractivity contribution in [1.82, 2.24) is 15.1 Å². The van der Waals surface area contributed by atoms with Gasteiger partial charge in [0.1, 0.15) is 6.54 Å². The second kappa shape index (κ2) is 7.92. The van der Waals surface area contributed by atoms with Crippen LogP contribution in [0.15, 0.2) is 0 Å². The van der Waals surface area contributed by atoms with Crippen LogP contribution in [0.1, 0.15) is 13.3 Å². The summed E-state index contributed by atoms with van der Waals surface area (Å²) in [4.78, 5) is 25.4. The predicted molar refractivity (Wildman–Crippen MR) is 61.5 cm³/mol. The van der Waals surface area contributed by atoms with Crippen molar-refractivity contribution in [2.24, 2.45) is 0 Å². The van der Waals surface area contributed by atoms with Crippen LogP contribution >= 0.6 is 0 Å². The van der Waals surface area contributed by atoms with E-state index < -0.39 is 5.97 Å². The third-order valence-corrected chi connectivity index (χ3v) is 1.94. The van der Waals surface area contributed by atoms with Crippen molar-refractivity contribution in [2.45, 2.75) is 13.3 Å². The number of urea groups is 1. The summed E-state index contributed by atoms with van der Waals surface area (Å²) < 4.78 is 0. The number of carboxylic acid groups (broad SMARTS) is 1. The van der Waals surface area contributed by atoms with E-state index in [0.717, 1.165) is 13.0 Å². The fraction of sp³-hybridized carbons (Fsp3) is 0.800. The fourth-order valence-corrected chi connectivity index (χ4v) is 1.18. The molecule has 0 saturated carbocycles. The van der Waals surface area contributed by atoms with Crippen molar-refractivity contribution in [3.05, 3.63) is 0 Å². The average Bonchev–Trinajstić information content (AvgIpc) is 2.15. The zero-order valence-corrected chi connectivity index (χ0v) is 10.2. The lowest BCUT2D eigenvalue weighted by Crippen LogP contribution is -2.44. The van der Waals surface area contributed by atoms with Crippen molar-refractivity contribution in [2.75, 3.05) is 40.3 Å². The molecule has 2 N–H and O–H groups in total. The van der Waals surface area contributed by atoms with Crippen LogP contribution in [-0.2, 0) is 4.79 Å². The molecule has 2 amide bonds. The first-order valence-electron chi connectivity index (χ1n) is 5.36. The molecule has 0 saturated heterocycles. The summed E-state index contributed by atoms with van der Waals surface area (Å²) in [7, 11) is 3.82. The average molecular weight is 231 g/mol. The molecule has 6 nitrogen and oxygen atoms in total. The number of amides is 2. The number of nitrogens with zero attached hydrogens (tertiary/aromatic N) is 2. The first kappa shape index (κ1) is 14.7. The maximum atomic E-state index is 11.6. The zero-order valence-electron chi connectivity index (χ0n) is 10.2. The highest BCUT2D eigenvalue weighted by atomic mass is 16.4. The van der Waals surface area contributed by atoms with Crippen LogP contribution in [-0.4, -0.2) is 67.2 Å². The Labute approximate surface area is 96.2 Å². The second-order valence-corrected chi connectivity index (χ2v) is 3.85. The first-order valence-corrected chi connectivity index (χ1v) is 5.36. The van der Waals surface area contributed by atoms with Crippen LogP contribution in [0.4, 0.5) is 4.79 Å². The Balaban J connectivity index is 4.01. The SMILES string of the molecule is CCCN(CC(=O)O)C(=O)NCCN(C)C. The molecule has 0 aromatic rings. The van der Waals surface area contributed by atoms with E-state index in [0.29, 0.717) is 13.1 Å². The molecule has 0 bridgehead atoms. The van der Waals surface area contributed by atoms with Crippen molar-refractivity contribution in [3.63, 3.8) is 0 Å². The molecule has 94 valence electrons. The summed E-state index contributed by atoms with van der Waals surface area (Å²) in [6, 6.07) is -0.314. The molecule has 6 heteroatoms. The van der Waals surface area contributed by atoms with Crippen molar-refractivity contribution in [3.8, 4) is 0 Å². The van der Waals surface area contributed by atoms with Crippen LogP contribution in [0.2, 0.25) is 0 Å². The number of carbonyl (C=O) groups is 2. The number of likely N-dealkylation sites (N-methyl/N-ethyl adjacent to an activating group) is 1. The Morgan fingerprint density at radius 2 is 1.88 bits per heavy atom. The van der Waals surface area contributed by atoms with E-state index in [1.165, 1.54) is 4.90 Å². The second-order valence-electron chi connectivity index (χ2n) is 3.85. The van der Waals surface area contributed by atoms with Crippen LogP contribution in [0.5, 0.6) is 0 Å². The third kappa shape index (κ3) is 7.05. The Bertz CT molecular complexity index is 231. The van der Waals surface area contributed by atoms with Gasteiger partial charge in [-0.25, -0.2) is 4.79 Å². The molecule has 0 aliphatic rings. The van der Waals surface area contributed by atoms with E-state index in [4.69, 9.17) is 5.11 Å². The minimum absolute atomic E-state index is 0.248. The monoisotopic (exact) mass is 231 g/mol. The predicted octanol–water partition coefficient (Wildman–Crippen LogP) is 0.0542. The number of carbonyl (C=O) groups excluding carboxylic acids is 1. The van der Waals surface area contributed by atoms with Gasteiger partial charge in [-0.1, -0.05) is 6.92 Å².